The van der Waals surface area contributed by atoms with E-state index in [1.165, 1.54) is 6.92 Å². The van der Waals surface area contributed by atoms with E-state index in [0.717, 1.165) is 13.1 Å². The second-order valence-corrected chi connectivity index (χ2v) is 6.20. The van der Waals surface area contributed by atoms with Gasteiger partial charge in [0.2, 0.25) is 11.8 Å². The van der Waals surface area contributed by atoms with Crippen LogP contribution in [0.5, 0.6) is 0 Å². The zero-order valence-electron chi connectivity index (χ0n) is 13.4. The lowest BCUT2D eigenvalue weighted by Crippen LogP contribution is -2.47. The van der Waals surface area contributed by atoms with Crippen LogP contribution in [0.3, 0.4) is 0 Å². The van der Waals surface area contributed by atoms with Crippen molar-refractivity contribution in [1.82, 2.24) is 5.32 Å². The maximum atomic E-state index is 12.8. The monoisotopic (exact) mass is 339 g/mol. The number of methoxy groups -OCH3 is 1. The number of piperidine rings is 1. The zero-order valence-corrected chi connectivity index (χ0v) is 14.1. The number of hydrogen-bond acceptors (Lipinski definition) is 4. The summed E-state index contributed by atoms with van der Waals surface area (Å²) in [4.78, 5) is 24.0. The quantitative estimate of drug-likeness (QED) is 0.768. The van der Waals surface area contributed by atoms with Crippen LogP contribution in [0.15, 0.2) is 18.2 Å². The first kappa shape index (κ1) is 17.7. The Morgan fingerprint density at radius 3 is 2.61 bits per heavy atom. The summed E-state index contributed by atoms with van der Waals surface area (Å²) in [5, 5.41) is 9.24. The number of carbonyl (C=O) groups is 2. The van der Waals surface area contributed by atoms with Gasteiger partial charge in [0.1, 0.15) is 0 Å². The van der Waals surface area contributed by atoms with E-state index >= 15 is 0 Å². The standard InChI is InChI=1S/C16H22ClN3O3/c1-11(21)19-12-3-4-13(17)14(9-12)20-15(22)16(10-23-2)5-7-18-8-6-16/h3-4,9,18H,5-8,10H2,1-2H3,(H,19,21)(H,20,22). The third-order valence-corrected chi connectivity index (χ3v) is 4.33. The van der Waals surface area contributed by atoms with Crippen LogP contribution in [0.25, 0.3) is 0 Å². The largest absolute Gasteiger partial charge is 0.384 e. The minimum Gasteiger partial charge on any atom is -0.384 e. The Balaban J connectivity index is 2.19. The molecule has 2 amide bonds. The van der Waals surface area contributed by atoms with Crippen molar-refractivity contribution < 1.29 is 14.3 Å². The fourth-order valence-electron chi connectivity index (χ4n) is 2.78. The Morgan fingerprint density at radius 2 is 2.00 bits per heavy atom. The van der Waals surface area contributed by atoms with E-state index in [1.807, 2.05) is 0 Å². The number of halogens is 1. The SMILES string of the molecule is COCC1(C(=O)Nc2cc(NC(C)=O)ccc2Cl)CCNCC1. The average molecular weight is 340 g/mol. The minimum atomic E-state index is -0.562. The molecule has 0 unspecified atom stereocenters. The van der Waals surface area contributed by atoms with Gasteiger partial charge in [0.25, 0.3) is 0 Å². The number of nitrogens with one attached hydrogen (secondary N) is 3. The molecule has 1 heterocycles. The molecule has 1 saturated heterocycles. The van der Waals surface area contributed by atoms with E-state index in [1.54, 1.807) is 25.3 Å². The Hall–Kier alpha value is -1.63. The van der Waals surface area contributed by atoms with Crippen LogP contribution in [0, 0.1) is 5.41 Å². The van der Waals surface area contributed by atoms with Crippen molar-refractivity contribution in [2.24, 2.45) is 5.41 Å². The first-order chi connectivity index (χ1) is 11.0. The van der Waals surface area contributed by atoms with Gasteiger partial charge in [-0.25, -0.2) is 0 Å². The van der Waals surface area contributed by atoms with Crippen LogP contribution in [0.2, 0.25) is 5.02 Å². The molecule has 0 radical (unpaired) electrons. The molecule has 0 saturated carbocycles. The van der Waals surface area contributed by atoms with Crippen molar-refractivity contribution >= 4 is 34.8 Å². The molecule has 1 aliphatic rings. The third kappa shape index (κ3) is 4.43. The molecule has 1 aliphatic heterocycles. The fourth-order valence-corrected chi connectivity index (χ4v) is 2.94. The Kier molecular flexibility index (Phi) is 5.98. The van der Waals surface area contributed by atoms with Gasteiger partial charge in [-0.1, -0.05) is 11.6 Å². The number of carbonyl (C=O) groups excluding carboxylic acids is 2. The number of benzene rings is 1. The van der Waals surface area contributed by atoms with Gasteiger partial charge in [0.05, 0.1) is 22.7 Å². The molecule has 126 valence electrons. The summed E-state index contributed by atoms with van der Waals surface area (Å²) in [6, 6.07) is 4.99. The summed E-state index contributed by atoms with van der Waals surface area (Å²) in [6.45, 7) is 3.34. The van der Waals surface area contributed by atoms with Gasteiger partial charge >= 0.3 is 0 Å². The van der Waals surface area contributed by atoms with Gasteiger partial charge in [0.15, 0.2) is 0 Å². The zero-order chi connectivity index (χ0) is 16.9. The molecule has 7 heteroatoms. The van der Waals surface area contributed by atoms with Crippen molar-refractivity contribution in [3.8, 4) is 0 Å². The lowest BCUT2D eigenvalue weighted by Gasteiger charge is -2.35. The molecule has 0 aliphatic carbocycles. The lowest BCUT2D eigenvalue weighted by molar-refractivity contribution is -0.130. The molecule has 0 spiro atoms. The van der Waals surface area contributed by atoms with E-state index in [4.69, 9.17) is 16.3 Å². The van der Waals surface area contributed by atoms with E-state index in [-0.39, 0.29) is 11.8 Å². The molecule has 0 bridgehead atoms. The third-order valence-electron chi connectivity index (χ3n) is 4.00. The minimum absolute atomic E-state index is 0.109. The summed E-state index contributed by atoms with van der Waals surface area (Å²) in [5.41, 5.74) is 0.507. The highest BCUT2D eigenvalue weighted by Gasteiger charge is 2.39. The van der Waals surface area contributed by atoms with E-state index < -0.39 is 5.41 Å². The predicted molar refractivity (Wildman–Crippen MR) is 90.8 cm³/mol. The van der Waals surface area contributed by atoms with Crippen molar-refractivity contribution in [2.75, 3.05) is 37.4 Å². The van der Waals surface area contributed by atoms with E-state index in [2.05, 4.69) is 16.0 Å². The van der Waals surface area contributed by atoms with Gasteiger partial charge in [-0.15, -0.1) is 0 Å². The van der Waals surface area contributed by atoms with Crippen LogP contribution in [-0.2, 0) is 14.3 Å². The molecule has 0 aromatic heterocycles. The number of hydrogen-bond donors (Lipinski definition) is 3. The summed E-state index contributed by atoms with van der Waals surface area (Å²) >= 11 is 6.17. The second kappa shape index (κ2) is 7.77. The van der Waals surface area contributed by atoms with Crippen LogP contribution in [-0.4, -0.2) is 38.6 Å². The van der Waals surface area contributed by atoms with Crippen molar-refractivity contribution in [1.29, 1.82) is 0 Å². The van der Waals surface area contributed by atoms with E-state index in [0.29, 0.717) is 35.8 Å². The first-order valence-corrected chi connectivity index (χ1v) is 7.93. The highest BCUT2D eigenvalue weighted by molar-refractivity contribution is 6.34. The topological polar surface area (TPSA) is 79.5 Å². The molecule has 1 aromatic carbocycles. The Morgan fingerprint density at radius 1 is 1.30 bits per heavy atom. The first-order valence-electron chi connectivity index (χ1n) is 7.55. The molecule has 0 atom stereocenters. The smallest absolute Gasteiger partial charge is 0.233 e. The van der Waals surface area contributed by atoms with Crippen LogP contribution in [0.4, 0.5) is 11.4 Å². The molecule has 23 heavy (non-hydrogen) atoms. The van der Waals surface area contributed by atoms with Crippen LogP contribution < -0.4 is 16.0 Å². The van der Waals surface area contributed by atoms with Gasteiger partial charge in [-0.05, 0) is 44.1 Å². The number of ether oxygens (including phenoxy) is 1. The second-order valence-electron chi connectivity index (χ2n) is 5.79. The van der Waals surface area contributed by atoms with Crippen LogP contribution >= 0.6 is 11.6 Å². The molecule has 1 fully saturated rings. The summed E-state index contributed by atoms with van der Waals surface area (Å²) in [5.74, 6) is -0.290. The fraction of sp³-hybridized carbons (Fsp3) is 0.500. The molecular formula is C16H22ClN3O3. The predicted octanol–water partition coefficient (Wildman–Crippen LogP) is 2.25. The molecule has 3 N–H and O–H groups in total. The molecule has 2 rings (SSSR count). The number of amides is 2. The molecule has 1 aromatic rings. The van der Waals surface area contributed by atoms with Crippen molar-refractivity contribution in [3.05, 3.63) is 23.2 Å². The number of rotatable bonds is 5. The molecular weight excluding hydrogens is 318 g/mol. The Labute approximate surface area is 140 Å². The summed E-state index contributed by atoms with van der Waals surface area (Å²) < 4.78 is 5.27. The van der Waals surface area contributed by atoms with Gasteiger partial charge in [-0.3, -0.25) is 9.59 Å². The summed E-state index contributed by atoms with van der Waals surface area (Å²) in [7, 11) is 1.60. The van der Waals surface area contributed by atoms with Gasteiger partial charge < -0.3 is 20.7 Å². The van der Waals surface area contributed by atoms with Gasteiger partial charge in [-0.2, -0.15) is 0 Å². The van der Waals surface area contributed by atoms with Crippen LogP contribution in [0.1, 0.15) is 19.8 Å². The van der Waals surface area contributed by atoms with E-state index in [9.17, 15) is 9.59 Å². The highest BCUT2D eigenvalue weighted by atomic mass is 35.5. The normalized spacial score (nSPS) is 16.7. The van der Waals surface area contributed by atoms with Crippen molar-refractivity contribution in [3.63, 3.8) is 0 Å². The maximum Gasteiger partial charge on any atom is 0.233 e. The lowest BCUT2D eigenvalue weighted by atomic mass is 9.78. The number of anilines is 2. The Bertz CT molecular complexity index is 580. The average Bonchev–Trinajstić information content (AvgIpc) is 2.51. The highest BCUT2D eigenvalue weighted by Crippen LogP contribution is 2.33. The van der Waals surface area contributed by atoms with Crippen molar-refractivity contribution in [2.45, 2.75) is 19.8 Å². The maximum absolute atomic E-state index is 12.8. The van der Waals surface area contributed by atoms with Gasteiger partial charge in [0, 0.05) is 19.7 Å². The summed E-state index contributed by atoms with van der Waals surface area (Å²) in [6.07, 6.45) is 1.41. The molecule has 6 nitrogen and oxygen atoms in total.